The van der Waals surface area contributed by atoms with E-state index in [1.165, 1.54) is 12.1 Å². The number of rotatable bonds is 5. The van der Waals surface area contributed by atoms with Gasteiger partial charge in [0.05, 0.1) is 6.54 Å². The molecular formula is C17H16FN. The van der Waals surface area contributed by atoms with E-state index in [4.69, 9.17) is 6.42 Å². The van der Waals surface area contributed by atoms with Gasteiger partial charge in [0, 0.05) is 12.2 Å². The van der Waals surface area contributed by atoms with Gasteiger partial charge in [0.1, 0.15) is 5.82 Å². The lowest BCUT2D eigenvalue weighted by Gasteiger charge is -2.22. The van der Waals surface area contributed by atoms with Gasteiger partial charge in [-0.25, -0.2) is 4.39 Å². The van der Waals surface area contributed by atoms with E-state index in [0.29, 0.717) is 6.54 Å². The van der Waals surface area contributed by atoms with Crippen LogP contribution >= 0.6 is 0 Å². The summed E-state index contributed by atoms with van der Waals surface area (Å²) in [7, 11) is 0. The molecule has 0 saturated carbocycles. The monoisotopic (exact) mass is 253 g/mol. The van der Waals surface area contributed by atoms with Crippen molar-refractivity contribution in [2.45, 2.75) is 6.42 Å². The van der Waals surface area contributed by atoms with Crippen molar-refractivity contribution in [2.75, 3.05) is 18.0 Å². The molecule has 19 heavy (non-hydrogen) atoms. The number of halogens is 1. The van der Waals surface area contributed by atoms with Gasteiger partial charge in [-0.15, -0.1) is 6.42 Å². The first-order chi connectivity index (χ1) is 9.29. The number of benzene rings is 2. The zero-order valence-electron chi connectivity index (χ0n) is 10.7. The molecule has 0 bridgehead atoms. The Morgan fingerprint density at radius 1 is 1.00 bits per heavy atom. The molecule has 0 atom stereocenters. The minimum atomic E-state index is -0.202. The largest absolute Gasteiger partial charge is 0.360 e. The summed E-state index contributed by atoms with van der Waals surface area (Å²) in [5.41, 5.74) is 2.22. The van der Waals surface area contributed by atoms with Gasteiger partial charge in [0.15, 0.2) is 0 Å². The Morgan fingerprint density at radius 2 is 1.68 bits per heavy atom. The van der Waals surface area contributed by atoms with Crippen molar-refractivity contribution >= 4 is 5.69 Å². The molecule has 0 aromatic heterocycles. The molecule has 0 aliphatic heterocycles. The van der Waals surface area contributed by atoms with Gasteiger partial charge in [-0.05, 0) is 36.2 Å². The van der Waals surface area contributed by atoms with Crippen molar-refractivity contribution in [3.8, 4) is 12.3 Å². The lowest BCUT2D eigenvalue weighted by atomic mass is 10.1. The highest BCUT2D eigenvalue weighted by Gasteiger charge is 2.04. The first kappa shape index (κ1) is 13.2. The number of hydrogen-bond donors (Lipinski definition) is 0. The summed E-state index contributed by atoms with van der Waals surface area (Å²) in [6.45, 7) is 1.39. The van der Waals surface area contributed by atoms with Crippen molar-refractivity contribution in [3.63, 3.8) is 0 Å². The van der Waals surface area contributed by atoms with Crippen LogP contribution in [-0.4, -0.2) is 13.1 Å². The number of nitrogens with zero attached hydrogens (tertiary/aromatic N) is 1. The van der Waals surface area contributed by atoms with E-state index in [1.54, 1.807) is 0 Å². The molecule has 0 fully saturated rings. The van der Waals surface area contributed by atoms with Gasteiger partial charge in [-0.1, -0.05) is 36.3 Å². The highest BCUT2D eigenvalue weighted by Crippen LogP contribution is 2.14. The fourth-order valence-electron chi connectivity index (χ4n) is 1.96. The van der Waals surface area contributed by atoms with Crippen molar-refractivity contribution in [2.24, 2.45) is 0 Å². The second kappa shape index (κ2) is 6.61. The van der Waals surface area contributed by atoms with Crippen molar-refractivity contribution in [3.05, 3.63) is 66.0 Å². The lowest BCUT2D eigenvalue weighted by molar-refractivity contribution is 0.627. The third-order valence-corrected chi connectivity index (χ3v) is 2.99. The van der Waals surface area contributed by atoms with Crippen LogP contribution in [0.25, 0.3) is 0 Å². The predicted octanol–water partition coefficient (Wildman–Crippen LogP) is 3.51. The summed E-state index contributed by atoms with van der Waals surface area (Å²) in [4.78, 5) is 2.14. The molecule has 0 saturated heterocycles. The van der Waals surface area contributed by atoms with E-state index in [0.717, 1.165) is 24.2 Å². The van der Waals surface area contributed by atoms with Crippen LogP contribution in [0.2, 0.25) is 0 Å². The van der Waals surface area contributed by atoms with Crippen molar-refractivity contribution < 1.29 is 4.39 Å². The summed E-state index contributed by atoms with van der Waals surface area (Å²) in [6, 6.07) is 16.7. The van der Waals surface area contributed by atoms with Crippen LogP contribution in [0.1, 0.15) is 5.56 Å². The Bertz CT molecular complexity index is 540. The zero-order valence-corrected chi connectivity index (χ0v) is 10.7. The van der Waals surface area contributed by atoms with Crippen molar-refractivity contribution in [1.82, 2.24) is 0 Å². The van der Waals surface area contributed by atoms with Crippen LogP contribution in [0.15, 0.2) is 54.6 Å². The molecule has 0 N–H and O–H groups in total. The quantitative estimate of drug-likeness (QED) is 0.737. The molecule has 2 rings (SSSR count). The molecule has 96 valence electrons. The molecule has 1 nitrogen and oxygen atoms in total. The Balaban J connectivity index is 2.02. The van der Waals surface area contributed by atoms with Gasteiger partial charge in [0.25, 0.3) is 0 Å². The number of hydrogen-bond acceptors (Lipinski definition) is 1. The molecular weight excluding hydrogens is 237 g/mol. The summed E-state index contributed by atoms with van der Waals surface area (Å²) in [5.74, 6) is 2.48. The highest BCUT2D eigenvalue weighted by molar-refractivity contribution is 5.47. The van der Waals surface area contributed by atoms with Crippen LogP contribution in [0.3, 0.4) is 0 Å². The first-order valence-corrected chi connectivity index (χ1v) is 6.27. The van der Waals surface area contributed by atoms with Gasteiger partial charge in [-0.2, -0.15) is 0 Å². The Morgan fingerprint density at radius 3 is 2.32 bits per heavy atom. The molecule has 0 aliphatic rings. The molecule has 0 radical (unpaired) electrons. The van der Waals surface area contributed by atoms with E-state index in [-0.39, 0.29) is 5.82 Å². The van der Waals surface area contributed by atoms with Crippen molar-refractivity contribution in [1.29, 1.82) is 0 Å². The van der Waals surface area contributed by atoms with Crippen LogP contribution in [0.5, 0.6) is 0 Å². The average Bonchev–Trinajstić information content (AvgIpc) is 2.46. The SMILES string of the molecule is C#CCN(CCc1ccc(F)cc1)c1ccccc1. The summed E-state index contributed by atoms with van der Waals surface area (Å²) < 4.78 is 12.8. The maximum Gasteiger partial charge on any atom is 0.123 e. The predicted molar refractivity (Wildman–Crippen MR) is 77.6 cm³/mol. The first-order valence-electron chi connectivity index (χ1n) is 6.27. The normalized spacial score (nSPS) is 9.89. The van der Waals surface area contributed by atoms with Gasteiger partial charge >= 0.3 is 0 Å². The van der Waals surface area contributed by atoms with E-state index < -0.39 is 0 Å². The smallest absolute Gasteiger partial charge is 0.123 e. The minimum absolute atomic E-state index is 0.202. The maximum absolute atomic E-state index is 12.8. The summed E-state index contributed by atoms with van der Waals surface area (Å²) in [5, 5.41) is 0. The second-order valence-corrected chi connectivity index (χ2v) is 4.34. The fourth-order valence-corrected chi connectivity index (χ4v) is 1.96. The van der Waals surface area contributed by atoms with Crippen LogP contribution < -0.4 is 4.90 Å². The molecule has 0 heterocycles. The summed E-state index contributed by atoms with van der Waals surface area (Å²) in [6.07, 6.45) is 6.26. The zero-order chi connectivity index (χ0) is 13.5. The lowest BCUT2D eigenvalue weighted by Crippen LogP contribution is -2.26. The topological polar surface area (TPSA) is 3.24 Å². The van der Waals surface area contributed by atoms with Gasteiger partial charge in [0.2, 0.25) is 0 Å². The summed E-state index contributed by atoms with van der Waals surface area (Å²) >= 11 is 0. The third kappa shape index (κ3) is 3.86. The van der Waals surface area contributed by atoms with E-state index in [1.807, 2.05) is 42.5 Å². The minimum Gasteiger partial charge on any atom is -0.360 e. The van der Waals surface area contributed by atoms with Gasteiger partial charge in [-0.3, -0.25) is 0 Å². The molecule has 0 aliphatic carbocycles. The number of para-hydroxylation sites is 1. The molecule has 0 unspecified atom stereocenters. The molecule has 0 amide bonds. The standard InChI is InChI=1S/C17H16FN/c1-2-13-19(17-6-4-3-5-7-17)14-12-15-8-10-16(18)11-9-15/h1,3-11H,12-14H2. The Hall–Kier alpha value is -2.27. The average molecular weight is 253 g/mol. The van der Waals surface area contributed by atoms with E-state index in [2.05, 4.69) is 10.8 Å². The van der Waals surface area contributed by atoms with Crippen LogP contribution in [-0.2, 0) is 6.42 Å². The Kier molecular flexibility index (Phi) is 4.58. The van der Waals surface area contributed by atoms with E-state index >= 15 is 0 Å². The van der Waals surface area contributed by atoms with E-state index in [9.17, 15) is 4.39 Å². The molecule has 2 aromatic rings. The fraction of sp³-hybridized carbons (Fsp3) is 0.176. The van der Waals surface area contributed by atoms with Crippen LogP contribution in [0.4, 0.5) is 10.1 Å². The van der Waals surface area contributed by atoms with Crippen LogP contribution in [0, 0.1) is 18.2 Å². The van der Waals surface area contributed by atoms with Gasteiger partial charge < -0.3 is 4.90 Å². The molecule has 2 heteroatoms. The number of anilines is 1. The number of terminal acetylenes is 1. The Labute approximate surface area is 113 Å². The third-order valence-electron chi connectivity index (χ3n) is 2.99. The maximum atomic E-state index is 12.8. The second-order valence-electron chi connectivity index (χ2n) is 4.34. The molecule has 0 spiro atoms. The molecule has 2 aromatic carbocycles. The highest BCUT2D eigenvalue weighted by atomic mass is 19.1.